The summed E-state index contributed by atoms with van der Waals surface area (Å²) in [7, 11) is 0. The van der Waals surface area contributed by atoms with Crippen molar-refractivity contribution in [3.8, 4) is 0 Å². The molecule has 0 bridgehead atoms. The molecule has 114 valence electrons. The molecule has 1 heterocycles. The lowest BCUT2D eigenvalue weighted by Crippen LogP contribution is -2.21. The lowest BCUT2D eigenvalue weighted by atomic mass is 10.1. The van der Waals surface area contributed by atoms with E-state index in [0.29, 0.717) is 10.6 Å². The number of aryl methyl sites for hydroxylation is 1. The third-order valence-corrected chi connectivity index (χ3v) is 4.28. The van der Waals surface area contributed by atoms with Gasteiger partial charge in [-0.15, -0.1) is 0 Å². The number of carbonyl (C=O) groups excluding carboxylic acids is 1. The third kappa shape index (κ3) is 3.09. The van der Waals surface area contributed by atoms with E-state index >= 15 is 0 Å². The van der Waals surface area contributed by atoms with Gasteiger partial charge in [0.25, 0.3) is 5.91 Å². The molecule has 1 N–H and O–H groups in total. The molecule has 0 unspecified atom stereocenters. The third-order valence-electron chi connectivity index (χ3n) is 4.04. The lowest BCUT2D eigenvalue weighted by molar-refractivity contribution is 0.102. The summed E-state index contributed by atoms with van der Waals surface area (Å²) in [6.07, 6.45) is 2.38. The van der Waals surface area contributed by atoms with Crippen LogP contribution in [0.25, 0.3) is 0 Å². The maximum absolute atomic E-state index is 12.5. The molecular formula is C18H19ClN2O. The standard InChI is InChI=1S/C18H19ClN2O/c1-13-6-2-3-7-15(13)18(22)20-16-12-14(19)8-9-17(16)21-10-4-5-11-21/h2-3,6-9,12H,4-5,10-11H2,1H3,(H,20,22). The monoisotopic (exact) mass is 314 g/mol. The molecule has 0 spiro atoms. The van der Waals surface area contributed by atoms with Gasteiger partial charge < -0.3 is 10.2 Å². The van der Waals surface area contributed by atoms with Crippen molar-refractivity contribution in [3.63, 3.8) is 0 Å². The fourth-order valence-corrected chi connectivity index (χ4v) is 3.03. The number of benzene rings is 2. The predicted molar refractivity (Wildman–Crippen MR) is 92.0 cm³/mol. The molecule has 0 aliphatic carbocycles. The average Bonchev–Trinajstić information content (AvgIpc) is 3.02. The Hall–Kier alpha value is -2.00. The largest absolute Gasteiger partial charge is 0.370 e. The molecule has 0 saturated carbocycles. The number of anilines is 2. The van der Waals surface area contributed by atoms with E-state index in [9.17, 15) is 4.79 Å². The molecule has 0 atom stereocenters. The van der Waals surface area contributed by atoms with Crippen LogP contribution in [0.4, 0.5) is 11.4 Å². The Kier molecular flexibility index (Phi) is 4.34. The predicted octanol–water partition coefficient (Wildman–Crippen LogP) is 4.50. The number of carbonyl (C=O) groups is 1. The summed E-state index contributed by atoms with van der Waals surface area (Å²) in [5.41, 5.74) is 3.48. The van der Waals surface area contributed by atoms with Crippen LogP contribution in [0.2, 0.25) is 5.02 Å². The summed E-state index contributed by atoms with van der Waals surface area (Å²) in [5.74, 6) is -0.0965. The zero-order valence-electron chi connectivity index (χ0n) is 12.6. The molecule has 2 aromatic rings. The molecule has 0 aromatic heterocycles. The van der Waals surface area contributed by atoms with E-state index in [1.54, 1.807) is 0 Å². The van der Waals surface area contributed by atoms with Crippen LogP contribution in [0.1, 0.15) is 28.8 Å². The Morgan fingerprint density at radius 3 is 2.59 bits per heavy atom. The van der Waals surface area contributed by atoms with Crippen molar-refractivity contribution in [1.82, 2.24) is 0 Å². The van der Waals surface area contributed by atoms with Gasteiger partial charge in [0.15, 0.2) is 0 Å². The molecule has 1 aliphatic heterocycles. The lowest BCUT2D eigenvalue weighted by Gasteiger charge is -2.22. The van der Waals surface area contributed by atoms with Crippen molar-refractivity contribution in [2.75, 3.05) is 23.3 Å². The molecule has 1 saturated heterocycles. The Labute approximate surface area is 135 Å². The first-order valence-corrected chi connectivity index (χ1v) is 7.94. The average molecular weight is 315 g/mol. The number of hydrogen-bond donors (Lipinski definition) is 1. The van der Waals surface area contributed by atoms with Crippen LogP contribution in [-0.4, -0.2) is 19.0 Å². The van der Waals surface area contributed by atoms with Crippen LogP contribution in [0.3, 0.4) is 0 Å². The van der Waals surface area contributed by atoms with Crippen LogP contribution < -0.4 is 10.2 Å². The van der Waals surface area contributed by atoms with Crippen LogP contribution in [0.5, 0.6) is 0 Å². The fraction of sp³-hybridized carbons (Fsp3) is 0.278. The molecule has 1 amide bonds. The first-order chi connectivity index (χ1) is 10.6. The molecule has 22 heavy (non-hydrogen) atoms. The smallest absolute Gasteiger partial charge is 0.255 e. The van der Waals surface area contributed by atoms with Gasteiger partial charge in [0.05, 0.1) is 11.4 Å². The number of amides is 1. The second kappa shape index (κ2) is 6.41. The minimum atomic E-state index is -0.0965. The minimum absolute atomic E-state index is 0.0965. The van der Waals surface area contributed by atoms with Crippen molar-refractivity contribution in [2.24, 2.45) is 0 Å². The molecule has 2 aromatic carbocycles. The van der Waals surface area contributed by atoms with Gasteiger partial charge in [-0.25, -0.2) is 0 Å². The van der Waals surface area contributed by atoms with Crippen molar-refractivity contribution < 1.29 is 4.79 Å². The summed E-state index contributed by atoms with van der Waals surface area (Å²) >= 11 is 6.11. The van der Waals surface area contributed by atoms with Gasteiger partial charge in [-0.2, -0.15) is 0 Å². The molecule has 4 heteroatoms. The van der Waals surface area contributed by atoms with Gasteiger partial charge in [-0.1, -0.05) is 29.8 Å². The highest BCUT2D eigenvalue weighted by Gasteiger charge is 2.18. The summed E-state index contributed by atoms with van der Waals surface area (Å²) in [6, 6.07) is 13.3. The Morgan fingerprint density at radius 1 is 1.14 bits per heavy atom. The number of halogens is 1. The second-order valence-electron chi connectivity index (χ2n) is 5.62. The Morgan fingerprint density at radius 2 is 1.86 bits per heavy atom. The first kappa shape index (κ1) is 14.9. The SMILES string of the molecule is Cc1ccccc1C(=O)Nc1cc(Cl)ccc1N1CCCC1. The molecule has 3 nitrogen and oxygen atoms in total. The quantitative estimate of drug-likeness (QED) is 0.904. The molecule has 3 rings (SSSR count). The van der Waals surface area contributed by atoms with Gasteiger partial charge in [-0.05, 0) is 49.6 Å². The van der Waals surface area contributed by atoms with Crippen molar-refractivity contribution in [2.45, 2.75) is 19.8 Å². The fourth-order valence-electron chi connectivity index (χ4n) is 2.86. The second-order valence-corrected chi connectivity index (χ2v) is 6.06. The van der Waals surface area contributed by atoms with E-state index < -0.39 is 0 Å². The van der Waals surface area contributed by atoms with Crippen LogP contribution >= 0.6 is 11.6 Å². The minimum Gasteiger partial charge on any atom is -0.370 e. The van der Waals surface area contributed by atoms with Crippen molar-refractivity contribution in [3.05, 3.63) is 58.6 Å². The molecule has 0 radical (unpaired) electrons. The topological polar surface area (TPSA) is 32.3 Å². The highest BCUT2D eigenvalue weighted by molar-refractivity contribution is 6.31. The summed E-state index contributed by atoms with van der Waals surface area (Å²) < 4.78 is 0. The van der Waals surface area contributed by atoms with Gasteiger partial charge in [0.2, 0.25) is 0 Å². The first-order valence-electron chi connectivity index (χ1n) is 7.56. The van der Waals surface area contributed by atoms with E-state index in [1.165, 1.54) is 12.8 Å². The van der Waals surface area contributed by atoms with Crippen molar-refractivity contribution >= 4 is 28.9 Å². The number of nitrogens with one attached hydrogen (secondary N) is 1. The maximum Gasteiger partial charge on any atom is 0.255 e. The Bertz CT molecular complexity index is 693. The van der Waals surface area contributed by atoms with E-state index in [4.69, 9.17) is 11.6 Å². The number of hydrogen-bond acceptors (Lipinski definition) is 2. The molecular weight excluding hydrogens is 296 g/mol. The number of rotatable bonds is 3. The zero-order chi connectivity index (χ0) is 15.5. The van der Waals surface area contributed by atoms with E-state index in [0.717, 1.165) is 30.0 Å². The van der Waals surface area contributed by atoms with Gasteiger partial charge >= 0.3 is 0 Å². The molecule has 1 fully saturated rings. The maximum atomic E-state index is 12.5. The summed E-state index contributed by atoms with van der Waals surface area (Å²) in [5, 5.41) is 3.65. The van der Waals surface area contributed by atoms with Crippen LogP contribution in [0.15, 0.2) is 42.5 Å². The van der Waals surface area contributed by atoms with Crippen molar-refractivity contribution in [1.29, 1.82) is 0 Å². The highest BCUT2D eigenvalue weighted by atomic mass is 35.5. The van der Waals surface area contributed by atoms with E-state index in [-0.39, 0.29) is 5.91 Å². The highest BCUT2D eigenvalue weighted by Crippen LogP contribution is 2.32. The van der Waals surface area contributed by atoms with Gasteiger partial charge in [0, 0.05) is 23.7 Å². The summed E-state index contributed by atoms with van der Waals surface area (Å²) in [4.78, 5) is 14.8. The summed E-state index contributed by atoms with van der Waals surface area (Å²) in [6.45, 7) is 3.98. The molecule has 1 aliphatic rings. The van der Waals surface area contributed by atoms with E-state index in [2.05, 4.69) is 10.2 Å². The van der Waals surface area contributed by atoms with Crippen LogP contribution in [-0.2, 0) is 0 Å². The van der Waals surface area contributed by atoms with Gasteiger partial charge in [0.1, 0.15) is 0 Å². The van der Waals surface area contributed by atoms with Crippen LogP contribution in [0, 0.1) is 6.92 Å². The van der Waals surface area contributed by atoms with E-state index in [1.807, 2.05) is 49.4 Å². The van der Waals surface area contributed by atoms with Gasteiger partial charge in [-0.3, -0.25) is 4.79 Å². The Balaban J connectivity index is 1.89. The number of nitrogens with zero attached hydrogens (tertiary/aromatic N) is 1. The zero-order valence-corrected chi connectivity index (χ0v) is 13.4. The normalized spacial score (nSPS) is 14.2.